The van der Waals surface area contributed by atoms with Gasteiger partial charge in [0, 0.05) is 0 Å². The van der Waals surface area contributed by atoms with Crippen molar-refractivity contribution >= 4 is 49.4 Å². The maximum atomic E-state index is 4.82. The van der Waals surface area contributed by atoms with E-state index in [0.29, 0.717) is 0 Å². The molecule has 0 aromatic rings. The summed E-state index contributed by atoms with van der Waals surface area (Å²) in [6.07, 6.45) is 0. The van der Waals surface area contributed by atoms with Gasteiger partial charge in [0.05, 0.1) is 0 Å². The monoisotopic (exact) mass is 528 g/mol. The minimum absolute atomic E-state index is 0. The largest absolute Gasteiger partial charge is 3.00 e. The molecule has 0 aromatic carbocycles. The van der Waals surface area contributed by atoms with Crippen molar-refractivity contribution in [1.29, 1.82) is 0 Å². The van der Waals surface area contributed by atoms with Crippen molar-refractivity contribution in [1.82, 2.24) is 0 Å². The topological polar surface area (TPSA) is 42.3 Å². The normalized spacial score (nSPS) is 13.5. The van der Waals surface area contributed by atoms with Crippen LogP contribution in [0.1, 0.15) is 0 Å². The van der Waals surface area contributed by atoms with Gasteiger partial charge in [-0.3, -0.25) is 0 Å². The van der Waals surface area contributed by atoms with Gasteiger partial charge in [0.15, 0.2) is 0 Å². The Kier molecular flexibility index (Phi) is 17.9. The van der Waals surface area contributed by atoms with Gasteiger partial charge in [-0.25, -0.2) is 0 Å². The molecule has 0 bridgehead atoms. The van der Waals surface area contributed by atoms with Crippen molar-refractivity contribution in [3.63, 3.8) is 0 Å². The zero-order valence-electron chi connectivity index (χ0n) is 22.8. The summed E-state index contributed by atoms with van der Waals surface area (Å²) in [5, 5.41) is 0. The molecule has 0 N–H and O–H groups in total. The molecule has 28 heavy (non-hydrogen) atoms. The zero-order valence-corrected chi connectivity index (χ0v) is 30.4. The van der Waals surface area contributed by atoms with Crippen LogP contribution in [0.15, 0.2) is 0 Å². The van der Waals surface area contributed by atoms with Crippen LogP contribution in [-0.2, 0) is 21.7 Å². The first-order valence-electron chi connectivity index (χ1n) is 10.3. The smallest absolute Gasteiger partial charge is 0.668 e. The molecule has 10 heteroatoms. The molecule has 0 spiro atoms. The number of rotatable bonds is 6. The Morgan fingerprint density at radius 2 is 0.321 bits per heavy atom. The van der Waals surface area contributed by atoms with Crippen molar-refractivity contribution in [3.05, 3.63) is 13.9 Å². The first kappa shape index (κ1) is 37.2. The third-order valence-corrected chi connectivity index (χ3v) is 18.1. The van der Waals surface area contributed by atoms with Crippen molar-refractivity contribution in [3.8, 4) is 0 Å². The molecule has 0 fully saturated rings. The fourth-order valence-corrected chi connectivity index (χ4v) is 27.2. The van der Waals surface area contributed by atoms with Gasteiger partial charge < -0.3 is 13.9 Å². The van der Waals surface area contributed by atoms with E-state index < -0.39 is 49.4 Å². The fraction of sp³-hybridized carbons (Fsp3) is 1.00. The predicted octanol–water partition coefficient (Wildman–Crippen LogP) is 9.09. The molecular formula is C18H54N3Si6Ti. The van der Waals surface area contributed by atoms with Gasteiger partial charge in [0.2, 0.25) is 0 Å². The molecule has 0 saturated carbocycles. The van der Waals surface area contributed by atoms with Gasteiger partial charge in [0.25, 0.3) is 0 Å². The first-order chi connectivity index (χ1) is 11.1. The molecule has 0 aromatic heterocycles. The average molecular weight is 529 g/mol. The quantitative estimate of drug-likeness (QED) is 0.308. The Morgan fingerprint density at radius 3 is 0.321 bits per heavy atom. The van der Waals surface area contributed by atoms with E-state index >= 15 is 0 Å². The van der Waals surface area contributed by atoms with Crippen molar-refractivity contribution in [2.45, 2.75) is 118 Å². The first-order valence-corrected chi connectivity index (χ1v) is 31.0. The molecule has 0 amide bonds. The summed E-state index contributed by atoms with van der Waals surface area (Å²) in [4.78, 5) is 0. The van der Waals surface area contributed by atoms with E-state index in [-0.39, 0.29) is 21.7 Å². The van der Waals surface area contributed by atoms with Crippen LogP contribution in [-0.4, -0.2) is 49.4 Å². The summed E-state index contributed by atoms with van der Waals surface area (Å²) in [7, 11) is -6.64. The molecule has 0 saturated heterocycles. The summed E-state index contributed by atoms with van der Waals surface area (Å²) in [6.45, 7) is 41.3. The molecule has 169 valence electrons. The van der Waals surface area contributed by atoms with E-state index in [4.69, 9.17) is 13.9 Å². The van der Waals surface area contributed by atoms with E-state index in [1.807, 2.05) is 0 Å². The second-order valence-corrected chi connectivity index (χ2v) is 42.1. The molecule has 3 nitrogen and oxygen atoms in total. The van der Waals surface area contributed by atoms with Gasteiger partial charge in [-0.2, -0.15) is 0 Å². The molecule has 0 rings (SSSR count). The zero-order chi connectivity index (χ0) is 23.1. The van der Waals surface area contributed by atoms with E-state index in [9.17, 15) is 0 Å². The Bertz CT molecular complexity index is 297. The van der Waals surface area contributed by atoms with Crippen LogP contribution >= 0.6 is 0 Å². The van der Waals surface area contributed by atoms with Crippen LogP contribution < -0.4 is 0 Å². The molecule has 1 radical (unpaired) electrons. The van der Waals surface area contributed by atoms with Crippen LogP contribution in [0.4, 0.5) is 0 Å². The van der Waals surface area contributed by atoms with Crippen LogP contribution in [0.5, 0.6) is 0 Å². The molecule has 0 heterocycles. The maximum Gasteiger partial charge on any atom is 3.00 e. The summed E-state index contributed by atoms with van der Waals surface area (Å²) in [5.74, 6) is 0. The van der Waals surface area contributed by atoms with Crippen molar-refractivity contribution < 1.29 is 21.7 Å². The van der Waals surface area contributed by atoms with Crippen LogP contribution in [0.2, 0.25) is 118 Å². The van der Waals surface area contributed by atoms with Crippen molar-refractivity contribution in [2.75, 3.05) is 0 Å². The van der Waals surface area contributed by atoms with Crippen molar-refractivity contribution in [2.24, 2.45) is 0 Å². The Hall–Kier alpha value is 1.90. The molecule has 0 aliphatic heterocycles. The standard InChI is InChI=1S/3C6H18NSi2.Ti/c3*1-8(2,3)7-9(4,5)6;/h3*1-6H3;/q3*-1;+3. The van der Waals surface area contributed by atoms with Gasteiger partial charge >= 0.3 is 21.7 Å². The SMILES string of the molecule is C[Si](C)(C)[N-][Si](C)(C)C.C[Si](C)(C)[N-][Si](C)(C)C.C[Si](C)(C)[N-][Si](C)(C)C.[Ti+3]. The third kappa shape index (κ3) is 51.0. The maximum absolute atomic E-state index is 4.82. The van der Waals surface area contributed by atoms with E-state index in [1.165, 1.54) is 0 Å². The van der Waals surface area contributed by atoms with Gasteiger partial charge in [-0.15, -0.1) is 0 Å². The molecule has 0 aliphatic rings. The van der Waals surface area contributed by atoms with Crippen LogP contribution in [0, 0.1) is 0 Å². The fourth-order valence-electron chi connectivity index (χ4n) is 3.02. The summed E-state index contributed by atoms with van der Waals surface area (Å²) >= 11 is 0. The minimum atomic E-state index is -1.11. The molecular weight excluding hydrogens is 475 g/mol. The van der Waals surface area contributed by atoms with Gasteiger partial charge in [0.1, 0.15) is 0 Å². The van der Waals surface area contributed by atoms with E-state index in [1.54, 1.807) is 0 Å². The minimum Gasteiger partial charge on any atom is -0.668 e. The molecule has 0 atom stereocenters. The molecule has 0 aliphatic carbocycles. The van der Waals surface area contributed by atoms with E-state index in [2.05, 4.69) is 118 Å². The summed E-state index contributed by atoms with van der Waals surface area (Å²) in [6, 6.07) is 0. The Balaban J connectivity index is -0.000000152. The number of hydrogen-bond donors (Lipinski definition) is 0. The van der Waals surface area contributed by atoms with Crippen LogP contribution in [0.3, 0.4) is 0 Å². The third-order valence-electron chi connectivity index (χ3n) is 2.01. The number of hydrogen-bond acceptors (Lipinski definition) is 0. The van der Waals surface area contributed by atoms with E-state index in [0.717, 1.165) is 0 Å². The Labute approximate surface area is 201 Å². The van der Waals surface area contributed by atoms with Crippen LogP contribution in [0.25, 0.3) is 13.9 Å². The second-order valence-electron chi connectivity index (χ2n) is 13.4. The summed E-state index contributed by atoms with van der Waals surface area (Å²) in [5.41, 5.74) is 0. The Morgan fingerprint density at radius 1 is 0.250 bits per heavy atom. The van der Waals surface area contributed by atoms with Gasteiger partial charge in [-0.1, -0.05) is 167 Å². The summed E-state index contributed by atoms with van der Waals surface area (Å²) < 4.78 is 14.5. The average Bonchev–Trinajstić information content (AvgIpc) is 1.96. The molecule has 0 unspecified atom stereocenters. The number of nitrogens with zero attached hydrogens (tertiary/aromatic N) is 3. The predicted molar refractivity (Wildman–Crippen MR) is 150 cm³/mol. The second kappa shape index (κ2) is 13.4. The van der Waals surface area contributed by atoms with Gasteiger partial charge in [-0.05, 0) is 0 Å².